The Hall–Kier alpha value is 0.0700. The summed E-state index contributed by atoms with van der Waals surface area (Å²) < 4.78 is 1.89. The van der Waals surface area contributed by atoms with Crippen LogP contribution in [-0.4, -0.2) is 5.78 Å². The van der Waals surface area contributed by atoms with E-state index in [2.05, 4.69) is 38.4 Å². The summed E-state index contributed by atoms with van der Waals surface area (Å²) in [6.45, 7) is 3.63. The van der Waals surface area contributed by atoms with Crippen LogP contribution in [0.15, 0.2) is 26.3 Å². The summed E-state index contributed by atoms with van der Waals surface area (Å²) in [5.41, 5.74) is 0.783. The number of allylic oxidation sites excluding steroid dienone is 1. The molecule has 0 N–H and O–H groups in total. The average Bonchev–Trinajstić information content (AvgIpc) is 2.45. The number of hydrogen-bond acceptors (Lipinski definition) is 2. The van der Waals surface area contributed by atoms with Gasteiger partial charge >= 0.3 is 0 Å². The molecule has 0 saturated carbocycles. The molecular weight excluding hydrogens is 328 g/mol. The van der Waals surface area contributed by atoms with Gasteiger partial charge in [0.1, 0.15) is 0 Å². The molecule has 1 nitrogen and oxygen atoms in total. The summed E-state index contributed by atoms with van der Waals surface area (Å²) in [7, 11) is 0. The van der Waals surface area contributed by atoms with Gasteiger partial charge in [-0.15, -0.1) is 17.9 Å². The third-order valence-corrected chi connectivity index (χ3v) is 4.11. The van der Waals surface area contributed by atoms with Crippen molar-refractivity contribution in [2.75, 3.05) is 0 Å². The number of thiophene rings is 1. The van der Waals surface area contributed by atoms with E-state index >= 15 is 0 Å². The highest BCUT2D eigenvalue weighted by atomic mass is 79.9. The Kier molecular flexibility index (Phi) is 5.06. The van der Waals surface area contributed by atoms with E-state index in [1.807, 2.05) is 12.1 Å². The minimum atomic E-state index is 0.195. The fourth-order valence-corrected chi connectivity index (χ4v) is 3.93. The molecule has 0 bridgehead atoms. The topological polar surface area (TPSA) is 17.1 Å². The zero-order chi connectivity index (χ0) is 10.6. The lowest BCUT2D eigenvalue weighted by Crippen LogP contribution is -1.97. The first kappa shape index (κ1) is 12.1. The Morgan fingerprint density at radius 1 is 1.57 bits per heavy atom. The Balaban J connectivity index is 2.60. The van der Waals surface area contributed by atoms with Gasteiger partial charge in [0.25, 0.3) is 0 Å². The second kappa shape index (κ2) is 5.83. The van der Waals surface area contributed by atoms with Crippen LogP contribution in [0.4, 0.5) is 0 Å². The number of rotatable bonds is 5. The van der Waals surface area contributed by atoms with E-state index in [9.17, 15) is 4.79 Å². The molecule has 0 amide bonds. The zero-order valence-electron chi connectivity index (χ0n) is 7.56. The van der Waals surface area contributed by atoms with Gasteiger partial charge in [0.2, 0.25) is 0 Å². The predicted molar refractivity (Wildman–Crippen MR) is 68.1 cm³/mol. The molecular formula is C10H10Br2OS. The van der Waals surface area contributed by atoms with Crippen molar-refractivity contribution in [2.45, 2.75) is 19.3 Å². The predicted octanol–water partition coefficient (Wildman–Crippen LogP) is 4.81. The first-order chi connectivity index (χ1) is 6.65. The van der Waals surface area contributed by atoms with Gasteiger partial charge < -0.3 is 0 Å². The fourth-order valence-electron chi connectivity index (χ4n) is 1.07. The molecule has 0 fully saturated rings. The van der Waals surface area contributed by atoms with Crippen molar-refractivity contribution in [3.05, 3.63) is 31.9 Å². The van der Waals surface area contributed by atoms with Crippen LogP contribution in [0.25, 0.3) is 0 Å². The molecule has 0 aliphatic rings. The number of halogens is 2. The number of carbonyl (C=O) groups is 1. The van der Waals surface area contributed by atoms with Crippen molar-refractivity contribution >= 4 is 49.0 Å². The normalized spacial score (nSPS) is 10.1. The van der Waals surface area contributed by atoms with Gasteiger partial charge in [0.15, 0.2) is 5.78 Å². The second-order valence-corrected chi connectivity index (χ2v) is 6.59. The molecule has 0 spiro atoms. The van der Waals surface area contributed by atoms with Gasteiger partial charge in [0.05, 0.1) is 7.57 Å². The largest absolute Gasteiger partial charge is 0.294 e. The highest BCUT2D eigenvalue weighted by Crippen LogP contribution is 2.32. The zero-order valence-corrected chi connectivity index (χ0v) is 11.5. The molecule has 76 valence electrons. The lowest BCUT2D eigenvalue weighted by atomic mass is 10.1. The lowest BCUT2D eigenvalue weighted by Gasteiger charge is -1.96. The summed E-state index contributed by atoms with van der Waals surface area (Å²) in [6.07, 6.45) is 4.20. The van der Waals surface area contributed by atoms with E-state index in [1.165, 1.54) is 11.3 Å². The average molecular weight is 338 g/mol. The number of ketones is 1. The van der Waals surface area contributed by atoms with Crippen LogP contribution in [0, 0.1) is 0 Å². The minimum absolute atomic E-state index is 0.195. The molecule has 0 aliphatic heterocycles. The quantitative estimate of drug-likeness (QED) is 0.428. The van der Waals surface area contributed by atoms with Crippen molar-refractivity contribution < 1.29 is 4.79 Å². The molecule has 0 unspecified atom stereocenters. The van der Waals surface area contributed by atoms with E-state index in [0.29, 0.717) is 6.42 Å². The van der Waals surface area contributed by atoms with E-state index < -0.39 is 0 Å². The number of Topliss-reactive ketones (excluding diaryl/α,β-unsaturated/α-hetero) is 1. The minimum Gasteiger partial charge on any atom is -0.294 e. The van der Waals surface area contributed by atoms with Crippen molar-refractivity contribution in [2.24, 2.45) is 0 Å². The first-order valence-corrected chi connectivity index (χ1v) is 6.64. The smallest absolute Gasteiger partial charge is 0.164 e. The van der Waals surface area contributed by atoms with Gasteiger partial charge in [-0.1, -0.05) is 6.08 Å². The van der Waals surface area contributed by atoms with Gasteiger partial charge in [-0.3, -0.25) is 4.79 Å². The Morgan fingerprint density at radius 2 is 2.29 bits per heavy atom. The van der Waals surface area contributed by atoms with E-state index in [-0.39, 0.29) is 5.78 Å². The van der Waals surface area contributed by atoms with E-state index in [1.54, 1.807) is 0 Å². The van der Waals surface area contributed by atoms with Crippen LogP contribution >= 0.6 is 43.2 Å². The van der Waals surface area contributed by atoms with Crippen LogP contribution in [-0.2, 0) is 0 Å². The standard InChI is InChI=1S/C10H10Br2OS/c1-2-3-4-5-8(13)7-6-9(11)14-10(7)12/h2,6H,1,3-5H2. The maximum absolute atomic E-state index is 11.7. The van der Waals surface area contributed by atoms with Gasteiger partial charge in [-0.05, 0) is 50.8 Å². The number of hydrogen-bond donors (Lipinski definition) is 0. The Labute approximate surface area is 104 Å². The monoisotopic (exact) mass is 336 g/mol. The Morgan fingerprint density at radius 3 is 2.79 bits per heavy atom. The Bertz CT molecular complexity index is 344. The molecule has 1 aromatic heterocycles. The first-order valence-electron chi connectivity index (χ1n) is 4.24. The van der Waals surface area contributed by atoms with Gasteiger partial charge in [-0.25, -0.2) is 0 Å². The van der Waals surface area contributed by atoms with Crippen LogP contribution < -0.4 is 0 Å². The highest BCUT2D eigenvalue weighted by Gasteiger charge is 2.12. The van der Waals surface area contributed by atoms with Crippen molar-refractivity contribution in [3.63, 3.8) is 0 Å². The third kappa shape index (κ3) is 3.33. The lowest BCUT2D eigenvalue weighted by molar-refractivity contribution is 0.0980. The SMILES string of the molecule is C=CCCCC(=O)c1cc(Br)sc1Br. The highest BCUT2D eigenvalue weighted by molar-refractivity contribution is 9.12. The van der Waals surface area contributed by atoms with Gasteiger partial charge in [0, 0.05) is 12.0 Å². The maximum atomic E-state index is 11.7. The third-order valence-electron chi connectivity index (χ3n) is 1.77. The molecule has 1 rings (SSSR count). The van der Waals surface area contributed by atoms with Gasteiger partial charge in [-0.2, -0.15) is 0 Å². The molecule has 0 aromatic carbocycles. The molecule has 0 saturated heterocycles. The molecule has 0 radical (unpaired) electrons. The molecule has 1 heterocycles. The van der Waals surface area contributed by atoms with E-state index in [0.717, 1.165) is 26.0 Å². The molecule has 1 aromatic rings. The fraction of sp³-hybridized carbons (Fsp3) is 0.300. The van der Waals surface area contributed by atoms with Crippen LogP contribution in [0.1, 0.15) is 29.6 Å². The molecule has 0 atom stereocenters. The summed E-state index contributed by atoms with van der Waals surface area (Å²) in [4.78, 5) is 11.7. The summed E-state index contributed by atoms with van der Waals surface area (Å²) >= 11 is 8.26. The number of carbonyl (C=O) groups excluding carboxylic acids is 1. The molecule has 4 heteroatoms. The van der Waals surface area contributed by atoms with E-state index in [4.69, 9.17) is 0 Å². The summed E-state index contributed by atoms with van der Waals surface area (Å²) in [5.74, 6) is 0.195. The maximum Gasteiger partial charge on any atom is 0.164 e. The molecule has 0 aliphatic carbocycles. The molecule has 14 heavy (non-hydrogen) atoms. The summed E-state index contributed by atoms with van der Waals surface area (Å²) in [5, 5.41) is 0. The van der Waals surface area contributed by atoms with Crippen LogP contribution in [0.2, 0.25) is 0 Å². The number of unbranched alkanes of at least 4 members (excludes halogenated alkanes) is 1. The van der Waals surface area contributed by atoms with Crippen LogP contribution in [0.3, 0.4) is 0 Å². The van der Waals surface area contributed by atoms with Crippen molar-refractivity contribution in [1.82, 2.24) is 0 Å². The van der Waals surface area contributed by atoms with Crippen molar-refractivity contribution in [3.8, 4) is 0 Å². The summed E-state index contributed by atoms with van der Waals surface area (Å²) in [6, 6.07) is 1.87. The second-order valence-electron chi connectivity index (χ2n) is 2.84. The van der Waals surface area contributed by atoms with Crippen LogP contribution in [0.5, 0.6) is 0 Å². The van der Waals surface area contributed by atoms with Crippen molar-refractivity contribution in [1.29, 1.82) is 0 Å².